The third-order valence-electron chi connectivity index (χ3n) is 2.51. The lowest BCUT2D eigenvalue weighted by atomic mass is 10.1. The van der Waals surface area contributed by atoms with Crippen LogP contribution >= 0.6 is 23.4 Å². The normalized spacial score (nSPS) is 14.5. The van der Waals surface area contributed by atoms with E-state index in [-0.39, 0.29) is 11.0 Å². The minimum Gasteiger partial charge on any atom is -0.293 e. The van der Waals surface area contributed by atoms with Gasteiger partial charge in [0.05, 0.1) is 5.25 Å². The van der Waals surface area contributed by atoms with E-state index in [2.05, 4.69) is 13.8 Å². The first-order valence-corrected chi connectivity index (χ1v) is 6.82. The lowest BCUT2D eigenvalue weighted by molar-refractivity contribution is 0.0994. The SMILES string of the molecule is CCC(C)SC(C)C(=O)c1ccc(Cl)cc1. The first-order valence-electron chi connectivity index (χ1n) is 5.49. The molecule has 1 aromatic rings. The molecule has 88 valence electrons. The van der Waals surface area contributed by atoms with Gasteiger partial charge < -0.3 is 0 Å². The zero-order valence-electron chi connectivity index (χ0n) is 9.87. The predicted octanol–water partition coefficient (Wildman–Crippen LogP) is 4.44. The zero-order chi connectivity index (χ0) is 12.1. The van der Waals surface area contributed by atoms with Crippen LogP contribution in [0.25, 0.3) is 0 Å². The van der Waals surface area contributed by atoms with E-state index in [1.807, 2.05) is 6.92 Å². The fraction of sp³-hybridized carbons (Fsp3) is 0.462. The van der Waals surface area contributed by atoms with E-state index in [4.69, 9.17) is 11.6 Å². The smallest absolute Gasteiger partial charge is 0.175 e. The molecule has 0 saturated carbocycles. The van der Waals surface area contributed by atoms with Crippen molar-refractivity contribution in [1.82, 2.24) is 0 Å². The van der Waals surface area contributed by atoms with Crippen molar-refractivity contribution < 1.29 is 4.79 Å². The van der Waals surface area contributed by atoms with E-state index < -0.39 is 0 Å². The number of hydrogen-bond donors (Lipinski definition) is 0. The maximum atomic E-state index is 12.0. The van der Waals surface area contributed by atoms with Crippen LogP contribution < -0.4 is 0 Å². The second-order valence-corrected chi connectivity index (χ2v) is 6.09. The van der Waals surface area contributed by atoms with Gasteiger partial charge in [-0.15, -0.1) is 11.8 Å². The van der Waals surface area contributed by atoms with Crippen LogP contribution in [0.3, 0.4) is 0 Å². The number of rotatable bonds is 5. The average molecular weight is 257 g/mol. The van der Waals surface area contributed by atoms with Gasteiger partial charge in [0.25, 0.3) is 0 Å². The van der Waals surface area contributed by atoms with Gasteiger partial charge in [-0.3, -0.25) is 4.79 Å². The molecule has 0 aliphatic carbocycles. The summed E-state index contributed by atoms with van der Waals surface area (Å²) in [4.78, 5) is 12.0. The maximum absolute atomic E-state index is 12.0. The highest BCUT2D eigenvalue weighted by Crippen LogP contribution is 2.23. The number of ketones is 1. The van der Waals surface area contributed by atoms with E-state index in [0.717, 1.165) is 12.0 Å². The lowest BCUT2D eigenvalue weighted by Gasteiger charge is -2.14. The Morgan fingerprint density at radius 1 is 1.31 bits per heavy atom. The first kappa shape index (κ1) is 13.6. The highest BCUT2D eigenvalue weighted by Gasteiger charge is 2.17. The summed E-state index contributed by atoms with van der Waals surface area (Å²) in [7, 11) is 0. The fourth-order valence-electron chi connectivity index (χ4n) is 1.36. The molecule has 3 heteroatoms. The van der Waals surface area contributed by atoms with E-state index in [0.29, 0.717) is 10.3 Å². The van der Waals surface area contributed by atoms with Crippen molar-refractivity contribution in [2.75, 3.05) is 0 Å². The second-order valence-electron chi connectivity index (χ2n) is 3.87. The molecule has 0 bridgehead atoms. The molecule has 2 atom stereocenters. The van der Waals surface area contributed by atoms with Crippen molar-refractivity contribution in [2.45, 2.75) is 37.7 Å². The zero-order valence-corrected chi connectivity index (χ0v) is 11.4. The molecular weight excluding hydrogens is 240 g/mol. The Morgan fingerprint density at radius 2 is 1.88 bits per heavy atom. The number of hydrogen-bond acceptors (Lipinski definition) is 2. The predicted molar refractivity (Wildman–Crippen MR) is 72.6 cm³/mol. The summed E-state index contributed by atoms with van der Waals surface area (Å²) in [5, 5.41) is 1.20. The van der Waals surface area contributed by atoms with E-state index in [1.54, 1.807) is 36.0 Å². The molecule has 16 heavy (non-hydrogen) atoms. The van der Waals surface area contributed by atoms with Gasteiger partial charge >= 0.3 is 0 Å². The summed E-state index contributed by atoms with van der Waals surface area (Å²) >= 11 is 7.51. The molecule has 1 nitrogen and oxygen atoms in total. The topological polar surface area (TPSA) is 17.1 Å². The highest BCUT2D eigenvalue weighted by atomic mass is 35.5. The van der Waals surface area contributed by atoms with Crippen LogP contribution in [-0.4, -0.2) is 16.3 Å². The van der Waals surface area contributed by atoms with Gasteiger partial charge in [0.15, 0.2) is 5.78 Å². The van der Waals surface area contributed by atoms with Gasteiger partial charge in [-0.25, -0.2) is 0 Å². The number of thioether (sulfide) groups is 1. The minimum atomic E-state index is 0.0103. The van der Waals surface area contributed by atoms with E-state index >= 15 is 0 Å². The van der Waals surface area contributed by atoms with E-state index in [1.165, 1.54) is 0 Å². The minimum absolute atomic E-state index is 0.0103. The van der Waals surface area contributed by atoms with Crippen LogP contribution in [0.2, 0.25) is 5.02 Å². The molecule has 0 radical (unpaired) electrons. The quantitative estimate of drug-likeness (QED) is 0.725. The average Bonchev–Trinajstić information content (AvgIpc) is 2.28. The number of carbonyl (C=O) groups is 1. The number of halogens is 1. The molecule has 0 N–H and O–H groups in total. The Kier molecular flexibility index (Phi) is 5.36. The van der Waals surface area contributed by atoms with Gasteiger partial charge in [-0.05, 0) is 37.6 Å². The van der Waals surface area contributed by atoms with Crippen molar-refractivity contribution in [1.29, 1.82) is 0 Å². The third kappa shape index (κ3) is 3.84. The Morgan fingerprint density at radius 3 is 2.38 bits per heavy atom. The van der Waals surface area contributed by atoms with Crippen LogP contribution in [0.5, 0.6) is 0 Å². The van der Waals surface area contributed by atoms with Gasteiger partial charge in [0.1, 0.15) is 0 Å². The monoisotopic (exact) mass is 256 g/mol. The Labute approximate surface area is 107 Å². The molecule has 0 aliphatic heterocycles. The van der Waals surface area contributed by atoms with Gasteiger partial charge in [-0.2, -0.15) is 0 Å². The largest absolute Gasteiger partial charge is 0.293 e. The van der Waals surface area contributed by atoms with Crippen LogP contribution in [0.4, 0.5) is 0 Å². The number of Topliss-reactive ketones (excluding diaryl/α,β-unsaturated/α-hetero) is 1. The first-order chi connectivity index (χ1) is 7.54. The molecule has 0 fully saturated rings. The molecule has 1 rings (SSSR count). The maximum Gasteiger partial charge on any atom is 0.175 e. The Bertz CT molecular complexity index is 347. The molecule has 0 aromatic heterocycles. The summed E-state index contributed by atoms with van der Waals surface area (Å²) < 4.78 is 0. The number of carbonyl (C=O) groups excluding carboxylic acids is 1. The lowest BCUT2D eigenvalue weighted by Crippen LogP contribution is -2.16. The standard InChI is InChI=1S/C13H17ClOS/c1-4-9(2)16-10(3)13(15)11-5-7-12(14)8-6-11/h5-10H,4H2,1-3H3. The molecule has 1 aromatic carbocycles. The molecule has 2 unspecified atom stereocenters. The van der Waals surface area contributed by atoms with E-state index in [9.17, 15) is 4.79 Å². The fourth-order valence-corrected chi connectivity index (χ4v) is 2.63. The Balaban J connectivity index is 2.67. The van der Waals surface area contributed by atoms with Gasteiger partial charge in [-0.1, -0.05) is 25.4 Å². The third-order valence-corrected chi connectivity index (χ3v) is 4.18. The molecule has 0 aliphatic rings. The molecule has 0 amide bonds. The van der Waals surface area contributed by atoms with Crippen molar-refractivity contribution in [2.24, 2.45) is 0 Å². The van der Waals surface area contributed by atoms with Crippen LogP contribution in [0, 0.1) is 0 Å². The summed E-state index contributed by atoms with van der Waals surface area (Å²) in [6, 6.07) is 7.10. The Hall–Kier alpha value is -0.470. The summed E-state index contributed by atoms with van der Waals surface area (Å²) in [5.74, 6) is 0.182. The van der Waals surface area contributed by atoms with Crippen molar-refractivity contribution in [3.8, 4) is 0 Å². The second kappa shape index (κ2) is 6.31. The van der Waals surface area contributed by atoms with Crippen LogP contribution in [0.1, 0.15) is 37.6 Å². The molecular formula is C13H17ClOS. The summed E-state index contributed by atoms with van der Waals surface area (Å²) in [6.07, 6.45) is 1.09. The highest BCUT2D eigenvalue weighted by molar-refractivity contribution is 8.01. The van der Waals surface area contributed by atoms with Crippen molar-refractivity contribution >= 4 is 29.1 Å². The van der Waals surface area contributed by atoms with Gasteiger partial charge in [0, 0.05) is 15.8 Å². The number of benzene rings is 1. The summed E-state index contributed by atoms with van der Waals surface area (Å²) in [5.41, 5.74) is 0.743. The van der Waals surface area contributed by atoms with Crippen molar-refractivity contribution in [3.05, 3.63) is 34.9 Å². The van der Waals surface area contributed by atoms with Gasteiger partial charge in [0.2, 0.25) is 0 Å². The van der Waals surface area contributed by atoms with Crippen molar-refractivity contribution in [3.63, 3.8) is 0 Å². The van der Waals surface area contributed by atoms with Crippen LogP contribution in [-0.2, 0) is 0 Å². The summed E-state index contributed by atoms with van der Waals surface area (Å²) in [6.45, 7) is 6.25. The molecule has 0 spiro atoms. The molecule has 0 saturated heterocycles. The van der Waals surface area contributed by atoms with Crippen LogP contribution in [0.15, 0.2) is 24.3 Å². The molecule has 0 heterocycles.